The van der Waals surface area contributed by atoms with Crippen LogP contribution in [0.2, 0.25) is 0 Å². The zero-order valence-corrected chi connectivity index (χ0v) is 13.4. The number of carbonyl (C=O) groups is 2. The summed E-state index contributed by atoms with van der Waals surface area (Å²) in [4.78, 5) is 23.6. The first-order chi connectivity index (χ1) is 11.4. The molecule has 0 atom stereocenters. The molecule has 0 bridgehead atoms. The van der Waals surface area contributed by atoms with Gasteiger partial charge in [0.25, 0.3) is 0 Å². The normalized spacial score (nSPS) is 25.6. The summed E-state index contributed by atoms with van der Waals surface area (Å²) < 4.78 is 27.3. The minimum absolute atomic E-state index is 0.151. The highest BCUT2D eigenvalue weighted by atomic mass is 19.1. The summed E-state index contributed by atoms with van der Waals surface area (Å²) in [6.45, 7) is 0. The van der Waals surface area contributed by atoms with Crippen LogP contribution in [0, 0.1) is 23.5 Å². The molecule has 2 fully saturated rings. The largest absolute Gasteiger partial charge is 0.481 e. The summed E-state index contributed by atoms with van der Waals surface area (Å²) in [5.41, 5.74) is -0.416. The lowest BCUT2D eigenvalue weighted by Crippen LogP contribution is -2.53. The molecule has 6 heteroatoms. The number of benzene rings is 1. The highest BCUT2D eigenvalue weighted by Crippen LogP contribution is 2.43. The zero-order chi connectivity index (χ0) is 17.3. The van der Waals surface area contributed by atoms with Crippen molar-refractivity contribution in [2.45, 2.75) is 50.5 Å². The van der Waals surface area contributed by atoms with E-state index in [4.69, 9.17) is 5.11 Å². The topological polar surface area (TPSA) is 66.4 Å². The second-order valence-corrected chi connectivity index (χ2v) is 6.94. The van der Waals surface area contributed by atoms with E-state index >= 15 is 0 Å². The molecule has 0 spiro atoms. The lowest BCUT2D eigenvalue weighted by Gasteiger charge is -2.44. The predicted molar refractivity (Wildman–Crippen MR) is 83.1 cm³/mol. The van der Waals surface area contributed by atoms with E-state index < -0.39 is 23.1 Å². The lowest BCUT2D eigenvalue weighted by molar-refractivity contribution is -0.144. The van der Waals surface area contributed by atoms with E-state index in [-0.39, 0.29) is 17.7 Å². The smallest absolute Gasteiger partial charge is 0.306 e. The molecule has 0 aromatic heterocycles. The summed E-state index contributed by atoms with van der Waals surface area (Å²) >= 11 is 0. The van der Waals surface area contributed by atoms with Crippen LogP contribution < -0.4 is 5.32 Å². The first-order valence-corrected chi connectivity index (χ1v) is 8.42. The van der Waals surface area contributed by atoms with Gasteiger partial charge in [0, 0.05) is 17.5 Å². The Morgan fingerprint density at radius 3 is 2.21 bits per heavy atom. The Morgan fingerprint density at radius 1 is 1.08 bits per heavy atom. The summed E-state index contributed by atoms with van der Waals surface area (Å²) in [6, 6.07) is 3.47. The number of rotatable bonds is 4. The Labute approximate surface area is 139 Å². The first kappa shape index (κ1) is 16.9. The van der Waals surface area contributed by atoms with Gasteiger partial charge in [0.15, 0.2) is 0 Å². The molecule has 0 unspecified atom stereocenters. The molecule has 0 heterocycles. The molecule has 2 aliphatic rings. The third-order valence-corrected chi connectivity index (χ3v) is 5.46. The zero-order valence-electron chi connectivity index (χ0n) is 13.4. The molecule has 2 aliphatic carbocycles. The van der Waals surface area contributed by atoms with Gasteiger partial charge in [0.1, 0.15) is 11.6 Å². The molecule has 24 heavy (non-hydrogen) atoms. The molecular weight excluding hydrogens is 316 g/mol. The van der Waals surface area contributed by atoms with Gasteiger partial charge in [-0.1, -0.05) is 6.07 Å². The van der Waals surface area contributed by atoms with Crippen LogP contribution in [-0.2, 0) is 15.1 Å². The fourth-order valence-electron chi connectivity index (χ4n) is 3.81. The molecule has 130 valence electrons. The lowest BCUT2D eigenvalue weighted by atomic mass is 9.71. The molecule has 0 aliphatic heterocycles. The van der Waals surface area contributed by atoms with Crippen molar-refractivity contribution < 1.29 is 23.5 Å². The van der Waals surface area contributed by atoms with Crippen molar-refractivity contribution in [3.8, 4) is 0 Å². The van der Waals surface area contributed by atoms with Gasteiger partial charge in [0.05, 0.1) is 11.5 Å². The van der Waals surface area contributed by atoms with Crippen molar-refractivity contribution in [2.24, 2.45) is 11.8 Å². The molecule has 1 aromatic rings. The molecule has 1 aromatic carbocycles. The van der Waals surface area contributed by atoms with Gasteiger partial charge in [-0.25, -0.2) is 8.78 Å². The van der Waals surface area contributed by atoms with E-state index in [1.54, 1.807) is 0 Å². The van der Waals surface area contributed by atoms with E-state index in [2.05, 4.69) is 5.32 Å². The van der Waals surface area contributed by atoms with Gasteiger partial charge < -0.3 is 10.4 Å². The van der Waals surface area contributed by atoms with Crippen LogP contribution in [0.15, 0.2) is 18.2 Å². The van der Waals surface area contributed by atoms with Crippen molar-refractivity contribution in [2.75, 3.05) is 0 Å². The number of carboxylic acids is 1. The Morgan fingerprint density at radius 2 is 1.71 bits per heavy atom. The molecule has 2 N–H and O–H groups in total. The van der Waals surface area contributed by atoms with Gasteiger partial charge in [-0.2, -0.15) is 0 Å². The first-order valence-electron chi connectivity index (χ1n) is 8.42. The minimum Gasteiger partial charge on any atom is -0.481 e. The molecule has 2 saturated carbocycles. The van der Waals surface area contributed by atoms with Crippen LogP contribution in [0.25, 0.3) is 0 Å². The molecular formula is C18H21F2NO3. The Balaban J connectivity index is 1.69. The number of hydrogen-bond donors (Lipinski definition) is 2. The van der Waals surface area contributed by atoms with Crippen LogP contribution in [0.3, 0.4) is 0 Å². The van der Waals surface area contributed by atoms with Crippen LogP contribution in [0.4, 0.5) is 8.78 Å². The second-order valence-electron chi connectivity index (χ2n) is 6.94. The maximum Gasteiger partial charge on any atom is 0.306 e. The number of aliphatic carboxylic acids is 1. The van der Waals surface area contributed by atoms with E-state index in [9.17, 15) is 18.4 Å². The number of carboxylic acid groups (broad SMARTS) is 1. The Bertz CT molecular complexity index is 650. The van der Waals surface area contributed by atoms with Crippen molar-refractivity contribution in [3.05, 3.63) is 35.4 Å². The van der Waals surface area contributed by atoms with E-state index in [0.717, 1.165) is 12.5 Å². The van der Waals surface area contributed by atoms with E-state index in [0.29, 0.717) is 44.1 Å². The fraction of sp³-hybridized carbons (Fsp3) is 0.556. The highest BCUT2D eigenvalue weighted by molar-refractivity contribution is 5.80. The number of halogens is 2. The third-order valence-electron chi connectivity index (χ3n) is 5.46. The SMILES string of the molecule is O=C(O)C1CCC(C(=O)NC2(c3ccc(F)cc3F)CCC2)CC1. The maximum absolute atomic E-state index is 14.1. The average Bonchev–Trinajstić information content (AvgIpc) is 2.51. The van der Waals surface area contributed by atoms with Gasteiger partial charge in [-0.05, 0) is 51.0 Å². The predicted octanol–water partition coefficient (Wildman–Crippen LogP) is 3.35. The monoisotopic (exact) mass is 337 g/mol. The molecule has 0 saturated heterocycles. The average molecular weight is 337 g/mol. The Hall–Kier alpha value is -1.98. The molecule has 0 radical (unpaired) electrons. The van der Waals surface area contributed by atoms with Crippen molar-refractivity contribution in [1.29, 1.82) is 0 Å². The molecule has 4 nitrogen and oxygen atoms in total. The number of amides is 1. The summed E-state index contributed by atoms with van der Waals surface area (Å²) in [6.07, 6.45) is 4.19. The quantitative estimate of drug-likeness (QED) is 0.885. The van der Waals surface area contributed by atoms with Crippen molar-refractivity contribution >= 4 is 11.9 Å². The van der Waals surface area contributed by atoms with Crippen LogP contribution in [0.5, 0.6) is 0 Å². The van der Waals surface area contributed by atoms with Gasteiger partial charge in [0.2, 0.25) is 5.91 Å². The summed E-state index contributed by atoms with van der Waals surface area (Å²) in [5.74, 6) is -2.84. The Kier molecular flexibility index (Phi) is 4.56. The second kappa shape index (κ2) is 6.49. The highest BCUT2D eigenvalue weighted by Gasteiger charge is 2.43. The minimum atomic E-state index is -0.808. The number of nitrogens with one attached hydrogen (secondary N) is 1. The van der Waals surface area contributed by atoms with Crippen molar-refractivity contribution in [3.63, 3.8) is 0 Å². The standard InChI is InChI=1S/C18H21F2NO3/c19-13-6-7-14(15(20)10-13)18(8-1-9-18)21-16(22)11-2-4-12(5-3-11)17(23)24/h6-7,10-12H,1-5,8-9H2,(H,21,22)(H,23,24). The van der Waals surface area contributed by atoms with Crippen LogP contribution in [0.1, 0.15) is 50.5 Å². The van der Waals surface area contributed by atoms with E-state index in [1.165, 1.54) is 12.1 Å². The molecule has 1 amide bonds. The summed E-state index contributed by atoms with van der Waals surface area (Å²) in [5, 5.41) is 12.0. The third kappa shape index (κ3) is 3.14. The number of carbonyl (C=O) groups excluding carboxylic acids is 1. The van der Waals surface area contributed by atoms with E-state index in [1.807, 2.05) is 0 Å². The van der Waals surface area contributed by atoms with Crippen LogP contribution in [-0.4, -0.2) is 17.0 Å². The van der Waals surface area contributed by atoms with Crippen LogP contribution >= 0.6 is 0 Å². The summed E-state index contributed by atoms with van der Waals surface area (Å²) in [7, 11) is 0. The number of hydrogen-bond acceptors (Lipinski definition) is 2. The molecule has 3 rings (SSSR count). The fourth-order valence-corrected chi connectivity index (χ4v) is 3.81. The van der Waals surface area contributed by atoms with Gasteiger partial charge in [-0.3, -0.25) is 9.59 Å². The van der Waals surface area contributed by atoms with Crippen molar-refractivity contribution in [1.82, 2.24) is 5.32 Å². The van der Waals surface area contributed by atoms with Gasteiger partial charge in [-0.15, -0.1) is 0 Å². The maximum atomic E-state index is 14.1. The van der Waals surface area contributed by atoms with Gasteiger partial charge >= 0.3 is 5.97 Å².